The second-order valence-corrected chi connectivity index (χ2v) is 8.41. The average molecular weight is 430 g/mol. The third kappa shape index (κ3) is 4.53. The van der Waals surface area contributed by atoms with Crippen LogP contribution in [0.5, 0.6) is 5.75 Å². The second kappa shape index (κ2) is 8.05. The summed E-state index contributed by atoms with van der Waals surface area (Å²) < 4.78 is 50.6. The zero-order valence-corrected chi connectivity index (χ0v) is 16.9. The Morgan fingerprint density at radius 3 is 2.43 bits per heavy atom. The summed E-state index contributed by atoms with van der Waals surface area (Å²) in [7, 11) is 0. The molecule has 2 fully saturated rings. The van der Waals surface area contributed by atoms with Crippen LogP contribution in [0.15, 0.2) is 24.3 Å². The maximum atomic E-state index is 13.2. The van der Waals surface area contributed by atoms with E-state index in [4.69, 9.17) is 9.47 Å². The summed E-state index contributed by atoms with van der Waals surface area (Å²) in [5, 5.41) is 10.7. The number of amides is 1. The number of nitro benzene ring substituents is 1. The van der Waals surface area contributed by atoms with E-state index in [0.717, 1.165) is 0 Å². The molecule has 1 aliphatic heterocycles. The van der Waals surface area contributed by atoms with Crippen molar-refractivity contribution in [3.63, 3.8) is 0 Å². The van der Waals surface area contributed by atoms with E-state index in [2.05, 4.69) is 0 Å². The van der Waals surface area contributed by atoms with Crippen molar-refractivity contribution in [3.05, 3.63) is 34.4 Å². The van der Waals surface area contributed by atoms with Crippen LogP contribution in [0.25, 0.3) is 0 Å². The molecule has 0 radical (unpaired) electrons. The summed E-state index contributed by atoms with van der Waals surface area (Å²) >= 11 is 0. The molecule has 3 rings (SSSR count). The number of rotatable bonds is 6. The maximum Gasteiger partial charge on any atom is 0.415 e. The fraction of sp³-hybridized carbons (Fsp3) is 0.650. The van der Waals surface area contributed by atoms with E-state index in [1.807, 2.05) is 13.8 Å². The highest BCUT2D eigenvalue weighted by atomic mass is 19.4. The Morgan fingerprint density at radius 1 is 1.30 bits per heavy atom. The average Bonchev–Trinajstić information content (AvgIpc) is 3.48. The minimum Gasteiger partial charge on any atom is -0.410 e. The first-order chi connectivity index (χ1) is 14.0. The Kier molecular flexibility index (Phi) is 5.99. The van der Waals surface area contributed by atoms with Crippen LogP contribution >= 0.6 is 0 Å². The van der Waals surface area contributed by atoms with Gasteiger partial charge in [-0.05, 0) is 37.8 Å². The van der Waals surface area contributed by atoms with Crippen LogP contribution in [-0.4, -0.2) is 47.9 Å². The zero-order chi connectivity index (χ0) is 22.2. The van der Waals surface area contributed by atoms with E-state index in [-0.39, 0.29) is 37.0 Å². The second-order valence-electron chi connectivity index (χ2n) is 8.41. The SMILES string of the molecule is CCC1(C)CN(C(=O)Oc2ccc([N+](=O)[O-])cc2)CCC1OCC1(C(F)(F)F)CC1. The summed E-state index contributed by atoms with van der Waals surface area (Å²) in [6.45, 7) is 4.06. The molecule has 0 spiro atoms. The summed E-state index contributed by atoms with van der Waals surface area (Å²) in [5.41, 5.74) is -2.33. The Bertz CT molecular complexity index is 795. The number of nitro groups is 1. The lowest BCUT2D eigenvalue weighted by atomic mass is 9.77. The predicted molar refractivity (Wildman–Crippen MR) is 101 cm³/mol. The Hall–Kier alpha value is -2.36. The molecule has 1 aliphatic carbocycles. The van der Waals surface area contributed by atoms with Gasteiger partial charge in [0.15, 0.2) is 0 Å². The third-order valence-electron chi connectivity index (χ3n) is 6.32. The molecule has 1 amide bonds. The van der Waals surface area contributed by atoms with Crippen LogP contribution in [0.4, 0.5) is 23.7 Å². The number of ether oxygens (including phenoxy) is 2. The minimum absolute atomic E-state index is 0.0970. The van der Waals surface area contributed by atoms with Gasteiger partial charge in [-0.1, -0.05) is 13.8 Å². The van der Waals surface area contributed by atoms with Gasteiger partial charge in [0.2, 0.25) is 0 Å². The van der Waals surface area contributed by atoms with E-state index in [1.54, 1.807) is 0 Å². The van der Waals surface area contributed by atoms with E-state index >= 15 is 0 Å². The van der Waals surface area contributed by atoms with Gasteiger partial charge in [0, 0.05) is 30.6 Å². The van der Waals surface area contributed by atoms with E-state index < -0.39 is 28.0 Å². The first kappa shape index (κ1) is 22.3. The van der Waals surface area contributed by atoms with Crippen LogP contribution in [0.3, 0.4) is 0 Å². The van der Waals surface area contributed by atoms with Gasteiger partial charge in [-0.25, -0.2) is 4.79 Å². The molecule has 1 saturated carbocycles. The van der Waals surface area contributed by atoms with E-state index in [9.17, 15) is 28.1 Å². The standard InChI is InChI=1S/C20H25F3N2O5/c1-3-18(2)12-24(17(26)30-15-6-4-14(5-7-15)25(27)28)11-8-16(18)29-13-19(9-10-19)20(21,22)23/h4-7,16H,3,8-13H2,1-2H3. The highest BCUT2D eigenvalue weighted by Gasteiger charge is 2.63. The quantitative estimate of drug-likeness (QED) is 0.471. The van der Waals surface area contributed by atoms with Crippen molar-refractivity contribution in [3.8, 4) is 5.75 Å². The monoisotopic (exact) mass is 430 g/mol. The number of hydrogen-bond donors (Lipinski definition) is 0. The van der Waals surface area contributed by atoms with Gasteiger partial charge in [0.1, 0.15) is 5.75 Å². The van der Waals surface area contributed by atoms with Crippen LogP contribution in [-0.2, 0) is 4.74 Å². The van der Waals surface area contributed by atoms with Gasteiger partial charge in [0.05, 0.1) is 23.0 Å². The van der Waals surface area contributed by atoms with Gasteiger partial charge in [0.25, 0.3) is 5.69 Å². The van der Waals surface area contributed by atoms with Crippen molar-refractivity contribution < 1.29 is 32.4 Å². The number of non-ortho nitro benzene ring substituents is 1. The fourth-order valence-corrected chi connectivity index (χ4v) is 3.74. The third-order valence-corrected chi connectivity index (χ3v) is 6.32. The van der Waals surface area contributed by atoms with Crippen LogP contribution in [0, 0.1) is 20.9 Å². The largest absolute Gasteiger partial charge is 0.415 e. The molecule has 0 N–H and O–H groups in total. The van der Waals surface area contributed by atoms with Gasteiger partial charge < -0.3 is 14.4 Å². The van der Waals surface area contributed by atoms with E-state index in [1.165, 1.54) is 29.2 Å². The number of halogens is 3. The van der Waals surface area contributed by atoms with Gasteiger partial charge in [-0.3, -0.25) is 10.1 Å². The van der Waals surface area contributed by atoms with Crippen molar-refractivity contribution in [2.45, 2.75) is 51.8 Å². The lowest BCUT2D eigenvalue weighted by molar-refractivity contribution is -0.384. The molecular weight excluding hydrogens is 405 g/mol. The summed E-state index contributed by atoms with van der Waals surface area (Å²) in [4.78, 5) is 24.2. The molecule has 30 heavy (non-hydrogen) atoms. The van der Waals surface area contributed by atoms with Gasteiger partial charge in [-0.2, -0.15) is 13.2 Å². The first-order valence-corrected chi connectivity index (χ1v) is 9.89. The van der Waals surface area contributed by atoms with Crippen molar-refractivity contribution >= 4 is 11.8 Å². The Balaban J connectivity index is 1.59. The van der Waals surface area contributed by atoms with Crippen LogP contribution in [0.1, 0.15) is 39.5 Å². The molecular formula is C20H25F3N2O5. The predicted octanol–water partition coefficient (Wildman–Crippen LogP) is 4.94. The van der Waals surface area contributed by atoms with Crippen molar-refractivity contribution in [2.24, 2.45) is 10.8 Å². The molecule has 2 atom stereocenters. The molecule has 2 aliphatic rings. The fourth-order valence-electron chi connectivity index (χ4n) is 3.74. The smallest absolute Gasteiger partial charge is 0.410 e. The van der Waals surface area contributed by atoms with Gasteiger partial charge in [-0.15, -0.1) is 0 Å². The van der Waals surface area contributed by atoms with Crippen molar-refractivity contribution in [1.82, 2.24) is 4.90 Å². The lowest BCUT2D eigenvalue weighted by Gasteiger charge is -2.45. The summed E-state index contributed by atoms with van der Waals surface area (Å²) in [5.74, 6) is 0.183. The summed E-state index contributed by atoms with van der Waals surface area (Å²) in [6, 6.07) is 5.18. The number of benzene rings is 1. The first-order valence-electron chi connectivity index (χ1n) is 9.89. The topological polar surface area (TPSA) is 81.9 Å². The molecule has 1 aromatic carbocycles. The molecule has 1 saturated heterocycles. The zero-order valence-electron chi connectivity index (χ0n) is 16.9. The Morgan fingerprint density at radius 2 is 1.93 bits per heavy atom. The number of nitrogens with zero attached hydrogens (tertiary/aromatic N) is 2. The van der Waals surface area contributed by atoms with Crippen LogP contribution < -0.4 is 4.74 Å². The van der Waals surface area contributed by atoms with Crippen molar-refractivity contribution in [1.29, 1.82) is 0 Å². The number of likely N-dealkylation sites (tertiary alicyclic amines) is 1. The lowest BCUT2D eigenvalue weighted by Crippen LogP contribution is -2.54. The van der Waals surface area contributed by atoms with Gasteiger partial charge >= 0.3 is 12.3 Å². The van der Waals surface area contributed by atoms with E-state index in [0.29, 0.717) is 25.9 Å². The summed E-state index contributed by atoms with van der Waals surface area (Å²) in [6.07, 6.45) is -4.02. The molecule has 2 unspecified atom stereocenters. The number of piperidine rings is 1. The normalized spacial score (nSPS) is 25.6. The van der Waals surface area contributed by atoms with Crippen molar-refractivity contribution in [2.75, 3.05) is 19.7 Å². The number of carbonyl (C=O) groups is 1. The molecule has 10 heteroatoms. The highest BCUT2D eigenvalue weighted by molar-refractivity contribution is 5.71. The Labute approximate surface area is 172 Å². The number of alkyl halides is 3. The molecule has 1 aromatic rings. The minimum atomic E-state index is -4.26. The number of hydrogen-bond acceptors (Lipinski definition) is 5. The highest BCUT2D eigenvalue weighted by Crippen LogP contribution is 2.58. The number of carbonyl (C=O) groups excluding carboxylic acids is 1. The molecule has 166 valence electrons. The molecule has 7 nitrogen and oxygen atoms in total. The molecule has 0 aromatic heterocycles. The van der Waals surface area contributed by atoms with Crippen LogP contribution in [0.2, 0.25) is 0 Å². The maximum absolute atomic E-state index is 13.2. The molecule has 0 bridgehead atoms. The molecule has 1 heterocycles.